The highest BCUT2D eigenvalue weighted by Gasteiger charge is 2.22. The van der Waals surface area contributed by atoms with E-state index in [1.165, 1.54) is 35.8 Å². The van der Waals surface area contributed by atoms with Gasteiger partial charge in [-0.25, -0.2) is 4.79 Å². The molecule has 0 saturated carbocycles. The third kappa shape index (κ3) is 2.97. The van der Waals surface area contributed by atoms with Gasteiger partial charge in [0, 0.05) is 34.3 Å². The van der Waals surface area contributed by atoms with Gasteiger partial charge >= 0.3 is 5.97 Å². The molecular formula is C21H13NO5S. The van der Waals surface area contributed by atoms with Crippen molar-refractivity contribution >= 4 is 40.3 Å². The zero-order chi connectivity index (χ0) is 19.8. The molecular weight excluding hydrogens is 378 g/mol. The topological polar surface area (TPSA) is 99.8 Å². The van der Waals surface area contributed by atoms with Crippen molar-refractivity contribution < 1.29 is 19.4 Å². The smallest absolute Gasteiger partial charge is 0.336 e. The van der Waals surface area contributed by atoms with Crippen molar-refractivity contribution in [1.82, 2.24) is 0 Å². The number of carbonyl (C=O) groups is 1. The zero-order valence-electron chi connectivity index (χ0n) is 14.3. The lowest BCUT2D eigenvalue weighted by atomic mass is 9.90. The minimum atomic E-state index is -1.09. The second-order valence-corrected chi connectivity index (χ2v) is 6.38. The van der Waals surface area contributed by atoms with Gasteiger partial charge in [-0.3, -0.25) is 4.79 Å². The van der Waals surface area contributed by atoms with Gasteiger partial charge in [-0.15, -0.1) is 0 Å². The highest BCUT2D eigenvalue weighted by atomic mass is 32.1. The van der Waals surface area contributed by atoms with Gasteiger partial charge in [0.2, 0.25) is 0 Å². The summed E-state index contributed by atoms with van der Waals surface area (Å²) in [6.45, 7) is 0. The Bertz CT molecular complexity index is 1280. The van der Waals surface area contributed by atoms with Crippen molar-refractivity contribution in [2.45, 2.75) is 0 Å². The summed E-state index contributed by atoms with van der Waals surface area (Å²) in [7, 11) is 0. The number of carboxylic acids is 1. The van der Waals surface area contributed by atoms with Crippen LogP contribution in [0.25, 0.3) is 33.4 Å². The number of aromatic hydroxyl groups is 1. The van der Waals surface area contributed by atoms with E-state index < -0.39 is 5.97 Å². The number of nitrogens with one attached hydrogen (secondary N) is 1. The molecule has 0 spiro atoms. The van der Waals surface area contributed by atoms with Gasteiger partial charge in [-0.1, -0.05) is 12.2 Å². The van der Waals surface area contributed by atoms with Gasteiger partial charge in [-0.2, -0.15) is 0 Å². The first-order valence-corrected chi connectivity index (χ1v) is 8.72. The molecule has 0 radical (unpaired) electrons. The van der Waals surface area contributed by atoms with Crippen molar-refractivity contribution in [3.05, 3.63) is 70.4 Å². The quantitative estimate of drug-likeness (QED) is 0.351. The average molecular weight is 391 g/mol. The number of benzene rings is 3. The van der Waals surface area contributed by atoms with Crippen LogP contribution in [0, 0.1) is 0 Å². The molecule has 1 heterocycles. The molecule has 2 aromatic rings. The molecule has 6 nitrogen and oxygen atoms in total. The minimum Gasteiger partial charge on any atom is -0.508 e. The second kappa shape index (κ2) is 6.79. The largest absolute Gasteiger partial charge is 0.508 e. The molecule has 4 rings (SSSR count). The number of hydrogen-bond donors (Lipinski definition) is 3. The van der Waals surface area contributed by atoms with E-state index in [1.807, 2.05) is 0 Å². The Balaban J connectivity index is 2.18. The molecule has 0 atom stereocenters. The average Bonchev–Trinajstić information content (AvgIpc) is 2.66. The van der Waals surface area contributed by atoms with Gasteiger partial charge in [-0.05, 0) is 48.0 Å². The fourth-order valence-electron chi connectivity index (χ4n) is 3.24. The normalized spacial score (nSPS) is 10.9. The van der Waals surface area contributed by atoms with E-state index in [-0.39, 0.29) is 16.7 Å². The van der Waals surface area contributed by atoms with Crippen LogP contribution >= 0.6 is 12.2 Å². The lowest BCUT2D eigenvalue weighted by Gasteiger charge is -2.17. The van der Waals surface area contributed by atoms with E-state index in [0.717, 1.165) is 0 Å². The highest BCUT2D eigenvalue weighted by Crippen LogP contribution is 2.42. The van der Waals surface area contributed by atoms with Crippen LogP contribution in [0.5, 0.6) is 5.75 Å². The number of aromatic carboxylic acids is 1. The Kier molecular flexibility index (Phi) is 4.29. The van der Waals surface area contributed by atoms with Crippen LogP contribution in [0.2, 0.25) is 0 Å². The third-order valence-electron chi connectivity index (χ3n) is 4.42. The molecule has 3 N–H and O–H groups in total. The van der Waals surface area contributed by atoms with E-state index in [4.69, 9.17) is 16.6 Å². The van der Waals surface area contributed by atoms with Crippen LogP contribution in [0.3, 0.4) is 0 Å². The summed E-state index contributed by atoms with van der Waals surface area (Å²) in [5, 5.41) is 23.0. The number of phenolic OH excluding ortho intramolecular Hbond substituents is 1. The molecule has 138 valence electrons. The predicted molar refractivity (Wildman–Crippen MR) is 110 cm³/mol. The maximum atomic E-state index is 11.9. The van der Waals surface area contributed by atoms with E-state index in [2.05, 4.69) is 5.32 Å². The summed E-state index contributed by atoms with van der Waals surface area (Å²) in [5.41, 5.74) is 3.73. The summed E-state index contributed by atoms with van der Waals surface area (Å²) < 4.78 is 5.80. The maximum Gasteiger partial charge on any atom is 0.336 e. The van der Waals surface area contributed by atoms with Crippen LogP contribution < -0.4 is 10.7 Å². The molecule has 28 heavy (non-hydrogen) atoms. The molecule has 0 bridgehead atoms. The SMILES string of the molecule is O=C(O)c1ccc(NC=S)cc1-c1c2ccc(=O)cc-2oc2cc(O)ccc12. The van der Waals surface area contributed by atoms with Gasteiger partial charge in [0.1, 0.15) is 17.1 Å². The Morgan fingerprint density at radius 1 is 1.04 bits per heavy atom. The number of fused-ring (bicyclic) bond motifs is 2. The summed E-state index contributed by atoms with van der Waals surface area (Å²) >= 11 is 4.83. The molecule has 1 aliphatic carbocycles. The molecule has 2 aliphatic rings. The molecule has 7 heteroatoms. The number of thiocarbonyl (C=S) groups is 1. The zero-order valence-corrected chi connectivity index (χ0v) is 15.1. The first-order valence-electron chi connectivity index (χ1n) is 8.25. The highest BCUT2D eigenvalue weighted by molar-refractivity contribution is 7.79. The second-order valence-electron chi connectivity index (χ2n) is 6.14. The number of rotatable bonds is 4. The van der Waals surface area contributed by atoms with Gasteiger partial charge in [0.05, 0.1) is 11.1 Å². The Morgan fingerprint density at radius 2 is 1.86 bits per heavy atom. The number of hydrogen-bond acceptors (Lipinski definition) is 5. The van der Waals surface area contributed by atoms with Gasteiger partial charge in [0.15, 0.2) is 5.43 Å². The van der Waals surface area contributed by atoms with Gasteiger partial charge < -0.3 is 19.9 Å². The Labute approximate surface area is 164 Å². The van der Waals surface area contributed by atoms with Crippen LogP contribution in [0.15, 0.2) is 63.8 Å². The number of phenols is 1. The summed E-state index contributed by atoms with van der Waals surface area (Å²) in [6, 6.07) is 13.7. The first-order chi connectivity index (χ1) is 13.5. The van der Waals surface area contributed by atoms with Gasteiger partial charge in [0.25, 0.3) is 0 Å². The van der Waals surface area contributed by atoms with Crippen LogP contribution in [0.4, 0.5) is 5.69 Å². The monoisotopic (exact) mass is 391 g/mol. The Hall–Kier alpha value is -3.71. The maximum absolute atomic E-state index is 11.9. The summed E-state index contributed by atoms with van der Waals surface area (Å²) in [5.74, 6) is -0.801. The first kappa shape index (κ1) is 17.7. The van der Waals surface area contributed by atoms with Crippen LogP contribution in [-0.4, -0.2) is 21.7 Å². The van der Waals surface area contributed by atoms with E-state index >= 15 is 0 Å². The van der Waals surface area contributed by atoms with Crippen LogP contribution in [-0.2, 0) is 0 Å². The molecule has 1 aliphatic heterocycles. The summed E-state index contributed by atoms with van der Waals surface area (Å²) in [4.78, 5) is 23.7. The minimum absolute atomic E-state index is 0.00518. The van der Waals surface area contributed by atoms with Crippen molar-refractivity contribution in [1.29, 1.82) is 0 Å². The summed E-state index contributed by atoms with van der Waals surface area (Å²) in [6.07, 6.45) is 0. The van der Waals surface area contributed by atoms with Crippen molar-refractivity contribution in [2.24, 2.45) is 0 Å². The van der Waals surface area contributed by atoms with E-state index in [1.54, 1.807) is 24.3 Å². The number of anilines is 1. The van der Waals surface area contributed by atoms with Crippen molar-refractivity contribution in [2.75, 3.05) is 5.32 Å². The van der Waals surface area contributed by atoms with E-state index in [0.29, 0.717) is 39.1 Å². The lowest BCUT2D eigenvalue weighted by molar-refractivity contribution is 0.0698. The van der Waals surface area contributed by atoms with E-state index in [9.17, 15) is 19.8 Å². The number of carboxylic acid groups (broad SMARTS) is 1. The fourth-order valence-corrected chi connectivity index (χ4v) is 3.38. The Morgan fingerprint density at radius 3 is 2.61 bits per heavy atom. The molecule has 0 amide bonds. The third-order valence-corrected chi connectivity index (χ3v) is 4.54. The fraction of sp³-hybridized carbons (Fsp3) is 0. The molecule has 0 aromatic heterocycles. The lowest BCUT2D eigenvalue weighted by Crippen LogP contribution is -2.04. The standard InChI is InChI=1S/C21H13NO5S/c23-12-2-5-15-18(8-12)27-19-9-13(24)3-6-16(19)20(15)17-7-11(22-10-28)1-4-14(17)21(25)26/h1-10,23H,(H,22,28)(H,25,26). The van der Waals surface area contributed by atoms with Crippen molar-refractivity contribution in [3.8, 4) is 28.2 Å². The predicted octanol–water partition coefficient (Wildman–Crippen LogP) is 4.34. The molecule has 2 aromatic carbocycles. The molecule has 0 fully saturated rings. The van der Waals surface area contributed by atoms with Crippen molar-refractivity contribution in [3.63, 3.8) is 0 Å². The van der Waals surface area contributed by atoms with Crippen LogP contribution in [0.1, 0.15) is 10.4 Å². The molecule has 0 saturated heterocycles. The molecule has 0 unspecified atom stereocenters.